The second-order valence-corrected chi connectivity index (χ2v) is 12.2. The first-order valence-electron chi connectivity index (χ1n) is 12.6. The van der Waals surface area contributed by atoms with E-state index in [0.717, 1.165) is 24.2 Å². The fraction of sp³-hybridized carbons (Fsp3) is 0.517. The maximum Gasteiger partial charge on any atom is 0.311 e. The zero-order valence-corrected chi connectivity index (χ0v) is 24.5. The van der Waals surface area contributed by atoms with Gasteiger partial charge in [0, 0.05) is 24.4 Å². The molecule has 1 amide bonds. The normalized spacial score (nSPS) is 25.4. The summed E-state index contributed by atoms with van der Waals surface area (Å²) in [5.41, 5.74) is 1.21. The molecule has 0 unspecified atom stereocenters. The lowest BCUT2D eigenvalue weighted by Crippen LogP contribution is -2.54. The van der Waals surface area contributed by atoms with Gasteiger partial charge >= 0.3 is 5.97 Å². The van der Waals surface area contributed by atoms with Crippen molar-refractivity contribution in [1.82, 2.24) is 4.90 Å². The van der Waals surface area contributed by atoms with Gasteiger partial charge in [0.15, 0.2) is 0 Å². The number of esters is 1. The lowest BCUT2D eigenvalue weighted by molar-refractivity contribution is -0.161. The third-order valence-corrected chi connectivity index (χ3v) is 9.78. The van der Waals surface area contributed by atoms with Gasteiger partial charge < -0.3 is 14.4 Å². The highest BCUT2D eigenvalue weighted by atomic mass is 35.5. The molecule has 0 saturated heterocycles. The van der Waals surface area contributed by atoms with E-state index in [2.05, 4.69) is 6.92 Å². The first-order valence-corrected chi connectivity index (χ1v) is 13.8. The van der Waals surface area contributed by atoms with Crippen molar-refractivity contribution in [3.8, 4) is 5.75 Å². The molecule has 3 atom stereocenters. The highest BCUT2D eigenvalue weighted by molar-refractivity contribution is 6.46. The number of amides is 1. The summed E-state index contributed by atoms with van der Waals surface area (Å²) in [7, 11) is 3.03. The molecule has 1 aliphatic carbocycles. The summed E-state index contributed by atoms with van der Waals surface area (Å²) in [6.07, 6.45) is 2.18. The summed E-state index contributed by atoms with van der Waals surface area (Å²) >= 11 is 20.9. The molecule has 200 valence electrons. The predicted octanol–water partition coefficient (Wildman–Crippen LogP) is 7.67. The summed E-state index contributed by atoms with van der Waals surface area (Å²) in [5, 5.41) is 1.07. The van der Waals surface area contributed by atoms with Gasteiger partial charge in [0.2, 0.25) is 0 Å². The molecule has 0 spiro atoms. The van der Waals surface area contributed by atoms with Crippen molar-refractivity contribution < 1.29 is 19.1 Å². The topological polar surface area (TPSA) is 55.8 Å². The van der Waals surface area contributed by atoms with E-state index in [4.69, 9.17) is 44.3 Å². The Morgan fingerprint density at radius 1 is 1.05 bits per heavy atom. The Morgan fingerprint density at radius 3 is 2.27 bits per heavy atom. The molecule has 2 aromatic rings. The fourth-order valence-electron chi connectivity index (χ4n) is 6.53. The minimum atomic E-state index is -0.819. The molecule has 0 N–H and O–H groups in total. The summed E-state index contributed by atoms with van der Waals surface area (Å²) in [4.78, 5) is 29.4. The van der Waals surface area contributed by atoms with Gasteiger partial charge in [-0.15, -0.1) is 0 Å². The number of nitrogens with zero attached hydrogens (tertiary/aromatic N) is 1. The number of hydrogen-bond acceptors (Lipinski definition) is 4. The average molecular weight is 567 g/mol. The van der Waals surface area contributed by atoms with Crippen LogP contribution in [0.2, 0.25) is 15.1 Å². The predicted molar refractivity (Wildman–Crippen MR) is 148 cm³/mol. The van der Waals surface area contributed by atoms with Crippen LogP contribution in [-0.4, -0.2) is 37.5 Å². The highest BCUT2D eigenvalue weighted by Crippen LogP contribution is 2.59. The van der Waals surface area contributed by atoms with Crippen molar-refractivity contribution in [2.75, 3.05) is 20.8 Å². The quantitative estimate of drug-likeness (QED) is 0.275. The molecule has 0 radical (unpaired) electrons. The van der Waals surface area contributed by atoms with Crippen LogP contribution in [0.15, 0.2) is 24.3 Å². The van der Waals surface area contributed by atoms with E-state index in [0.29, 0.717) is 51.3 Å². The third-order valence-electron chi connectivity index (χ3n) is 8.52. The maximum atomic E-state index is 14.4. The van der Waals surface area contributed by atoms with Crippen LogP contribution < -0.4 is 4.74 Å². The number of rotatable bonds is 5. The summed E-state index contributed by atoms with van der Waals surface area (Å²) in [6, 6.07) is 7.62. The minimum Gasteiger partial charge on any atom is -0.497 e. The van der Waals surface area contributed by atoms with Crippen LogP contribution in [0, 0.1) is 11.3 Å². The van der Waals surface area contributed by atoms with Crippen LogP contribution in [0.25, 0.3) is 0 Å². The van der Waals surface area contributed by atoms with Gasteiger partial charge in [0.05, 0.1) is 40.3 Å². The first-order chi connectivity index (χ1) is 17.4. The van der Waals surface area contributed by atoms with E-state index in [9.17, 15) is 9.59 Å². The summed E-state index contributed by atoms with van der Waals surface area (Å²) < 4.78 is 10.6. The number of carbonyl (C=O) groups excluding carboxylic acids is 2. The number of methoxy groups -OCH3 is 2. The molecule has 37 heavy (non-hydrogen) atoms. The van der Waals surface area contributed by atoms with E-state index in [1.165, 1.54) is 7.11 Å². The lowest BCUT2D eigenvalue weighted by atomic mass is 9.53. The monoisotopic (exact) mass is 565 g/mol. The Balaban J connectivity index is 1.98. The molecule has 1 saturated carbocycles. The zero-order chi connectivity index (χ0) is 27.3. The van der Waals surface area contributed by atoms with Crippen LogP contribution in [0.5, 0.6) is 5.75 Å². The van der Waals surface area contributed by atoms with E-state index in [-0.39, 0.29) is 23.7 Å². The summed E-state index contributed by atoms with van der Waals surface area (Å²) in [6.45, 7) is 8.69. The van der Waals surface area contributed by atoms with Crippen LogP contribution >= 0.6 is 34.8 Å². The van der Waals surface area contributed by atoms with Crippen LogP contribution in [0.3, 0.4) is 0 Å². The standard InChI is InChI=1S/C29H34Cl3NO4/c1-16(2)20-23(30)21-22(25(32)24(20)31)28(3)12-7-13-29(4,27(35)37-6)19(28)15-33(26(21)34)14-17-8-10-18(36-5)11-9-17/h8-11,16,19H,7,12-15H2,1-6H3/t19-,28+,29-/m1/s1. The van der Waals surface area contributed by atoms with Crippen molar-refractivity contribution in [2.45, 2.75) is 64.8 Å². The lowest BCUT2D eigenvalue weighted by Gasteiger charge is -2.51. The Bertz CT molecular complexity index is 1230. The zero-order valence-electron chi connectivity index (χ0n) is 22.2. The molecule has 4 rings (SSSR count). The number of hydrogen-bond donors (Lipinski definition) is 0. The van der Waals surface area contributed by atoms with E-state index in [1.54, 1.807) is 12.0 Å². The molecule has 8 heteroatoms. The SMILES string of the molecule is COC(=O)[C@]1(C)CCC[C@]2(C)c3c(Cl)c(Cl)c(C(C)C)c(Cl)c3C(=O)N(Cc3ccc(OC)cc3)C[C@@H]12. The molecule has 5 nitrogen and oxygen atoms in total. The fourth-order valence-corrected chi connectivity index (χ4v) is 7.88. The van der Waals surface area contributed by atoms with Crippen LogP contribution in [-0.2, 0) is 21.5 Å². The molecular weight excluding hydrogens is 533 g/mol. The van der Waals surface area contributed by atoms with Crippen molar-refractivity contribution in [1.29, 1.82) is 0 Å². The number of benzene rings is 2. The number of fused-ring (bicyclic) bond motifs is 3. The number of ether oxygens (including phenoxy) is 2. The van der Waals surface area contributed by atoms with Crippen LogP contribution in [0.4, 0.5) is 0 Å². The van der Waals surface area contributed by atoms with Crippen molar-refractivity contribution in [3.63, 3.8) is 0 Å². The highest BCUT2D eigenvalue weighted by Gasteiger charge is 2.58. The van der Waals surface area contributed by atoms with Gasteiger partial charge in [0.25, 0.3) is 5.91 Å². The first kappa shape index (κ1) is 28.1. The van der Waals surface area contributed by atoms with E-state index in [1.807, 2.05) is 45.0 Å². The molecule has 0 aromatic heterocycles. The smallest absolute Gasteiger partial charge is 0.311 e. The Kier molecular flexibility index (Phi) is 7.82. The van der Waals surface area contributed by atoms with E-state index < -0.39 is 10.8 Å². The van der Waals surface area contributed by atoms with Gasteiger partial charge in [-0.1, -0.05) is 74.1 Å². The molecule has 1 aliphatic heterocycles. The van der Waals surface area contributed by atoms with Crippen LogP contribution in [0.1, 0.15) is 79.9 Å². The van der Waals surface area contributed by atoms with Gasteiger partial charge in [-0.2, -0.15) is 0 Å². The molecule has 1 fully saturated rings. The van der Waals surface area contributed by atoms with Gasteiger partial charge in [-0.3, -0.25) is 9.59 Å². The second kappa shape index (κ2) is 10.3. The Morgan fingerprint density at radius 2 is 1.70 bits per heavy atom. The molecule has 2 aromatic carbocycles. The molecule has 0 bridgehead atoms. The Labute approximate surface area is 234 Å². The average Bonchev–Trinajstić information content (AvgIpc) is 2.96. The van der Waals surface area contributed by atoms with Gasteiger partial charge in [0.1, 0.15) is 5.75 Å². The number of carbonyl (C=O) groups is 2. The van der Waals surface area contributed by atoms with E-state index >= 15 is 0 Å². The summed E-state index contributed by atoms with van der Waals surface area (Å²) in [5.74, 6) is -0.0567. The van der Waals surface area contributed by atoms with Gasteiger partial charge in [-0.05, 0) is 54.5 Å². The molecular formula is C29H34Cl3NO4. The van der Waals surface area contributed by atoms with Crippen molar-refractivity contribution in [2.24, 2.45) is 11.3 Å². The largest absolute Gasteiger partial charge is 0.497 e. The minimum absolute atomic E-state index is 0.0378. The second-order valence-electron chi connectivity index (χ2n) is 11.0. The Hall–Kier alpha value is -1.95. The molecule has 1 heterocycles. The number of halogens is 3. The van der Waals surface area contributed by atoms with Crippen molar-refractivity contribution >= 4 is 46.7 Å². The third kappa shape index (κ3) is 4.51. The van der Waals surface area contributed by atoms with Gasteiger partial charge in [-0.25, -0.2) is 0 Å². The van der Waals surface area contributed by atoms with Crippen molar-refractivity contribution in [3.05, 3.63) is 61.6 Å². The maximum absolute atomic E-state index is 14.4. The molecule has 2 aliphatic rings.